The second kappa shape index (κ2) is 10.3. The van der Waals surface area contributed by atoms with Crippen LogP contribution in [0.15, 0.2) is 35.4 Å². The van der Waals surface area contributed by atoms with Crippen LogP contribution in [0, 0.1) is 11.6 Å². The van der Waals surface area contributed by atoms with E-state index in [4.69, 9.17) is 20.9 Å². The zero-order valence-electron chi connectivity index (χ0n) is 21.6. The molecule has 0 spiro atoms. The molecule has 0 saturated heterocycles. The molecular weight excluding hydrogens is 524 g/mol. The molecule has 0 unspecified atom stereocenters. The average Bonchev–Trinajstić information content (AvgIpc) is 3.75. The number of benzene rings is 2. The Morgan fingerprint density at radius 1 is 1.18 bits per heavy atom. The third kappa shape index (κ3) is 4.79. The van der Waals surface area contributed by atoms with Gasteiger partial charge in [-0.25, -0.2) is 18.6 Å². The highest BCUT2D eigenvalue weighted by Crippen LogP contribution is 2.39. The number of nitrogens with zero attached hydrogens (tertiary/aromatic N) is 3. The Bertz CT molecular complexity index is 1770. The van der Waals surface area contributed by atoms with Gasteiger partial charge in [0.05, 0.1) is 25.1 Å². The van der Waals surface area contributed by atoms with Crippen molar-refractivity contribution in [1.29, 1.82) is 0 Å². The summed E-state index contributed by atoms with van der Waals surface area (Å²) in [5.74, 6) is -2.49. The minimum atomic E-state index is -1.46. The number of nitrogens with two attached hydrogens (primary N) is 2. The molecule has 1 fully saturated rings. The van der Waals surface area contributed by atoms with Gasteiger partial charge < -0.3 is 30.6 Å². The van der Waals surface area contributed by atoms with Gasteiger partial charge in [-0.3, -0.25) is 4.79 Å². The van der Waals surface area contributed by atoms with E-state index in [1.165, 1.54) is 37.1 Å². The van der Waals surface area contributed by atoms with Gasteiger partial charge in [0.2, 0.25) is 11.4 Å². The first kappa shape index (κ1) is 26.6. The van der Waals surface area contributed by atoms with Crippen molar-refractivity contribution in [3.8, 4) is 11.5 Å². The number of ether oxygens (including phenoxy) is 2. The monoisotopic (exact) mass is 549 g/mol. The molecule has 40 heavy (non-hydrogen) atoms. The van der Waals surface area contributed by atoms with E-state index < -0.39 is 34.2 Å². The molecule has 2 aromatic carbocycles. The fraction of sp³-hybridized carbons (Fsp3) is 0.214. The Balaban J connectivity index is 1.63. The Labute approximate surface area is 226 Å². The second-order valence-electron chi connectivity index (χ2n) is 9.37. The van der Waals surface area contributed by atoms with E-state index in [-0.39, 0.29) is 28.7 Å². The summed E-state index contributed by atoms with van der Waals surface area (Å²) in [6, 6.07) is 4.18. The van der Waals surface area contributed by atoms with E-state index in [9.17, 15) is 14.7 Å². The summed E-state index contributed by atoms with van der Waals surface area (Å²) in [6.45, 7) is 0. The lowest BCUT2D eigenvalue weighted by Gasteiger charge is -2.15. The molecule has 1 aliphatic rings. The number of aromatic nitrogens is 3. The van der Waals surface area contributed by atoms with E-state index in [1.54, 1.807) is 12.1 Å². The number of aromatic carboxylic acids is 1. The molecular formula is C28H25F2N5O5. The van der Waals surface area contributed by atoms with E-state index in [1.807, 2.05) is 0 Å². The number of carboxylic acid groups (broad SMARTS) is 1. The number of hydrogen-bond donors (Lipinski definition) is 3. The Morgan fingerprint density at radius 3 is 2.55 bits per heavy atom. The minimum absolute atomic E-state index is 0.0444. The van der Waals surface area contributed by atoms with Crippen LogP contribution in [0.25, 0.3) is 23.1 Å². The number of hydrogen-bond acceptors (Lipinski definition) is 8. The van der Waals surface area contributed by atoms with Crippen LogP contribution in [0.4, 0.5) is 20.5 Å². The van der Waals surface area contributed by atoms with Gasteiger partial charge in [-0.05, 0) is 42.7 Å². The summed E-state index contributed by atoms with van der Waals surface area (Å²) in [7, 11) is 2.90. The van der Waals surface area contributed by atoms with Gasteiger partial charge in [0, 0.05) is 41.5 Å². The minimum Gasteiger partial charge on any atom is -0.493 e. The van der Waals surface area contributed by atoms with Crippen molar-refractivity contribution in [2.24, 2.45) is 0 Å². The second-order valence-corrected chi connectivity index (χ2v) is 9.37. The lowest BCUT2D eigenvalue weighted by Crippen LogP contribution is -2.20. The predicted molar refractivity (Wildman–Crippen MR) is 145 cm³/mol. The Morgan fingerprint density at radius 2 is 1.93 bits per heavy atom. The maximum absolute atomic E-state index is 15.9. The van der Waals surface area contributed by atoms with Gasteiger partial charge in [-0.2, -0.15) is 4.98 Å². The van der Waals surface area contributed by atoms with Gasteiger partial charge >= 0.3 is 5.97 Å². The van der Waals surface area contributed by atoms with Crippen LogP contribution in [-0.4, -0.2) is 39.8 Å². The molecule has 1 saturated carbocycles. The predicted octanol–water partition coefficient (Wildman–Crippen LogP) is 4.05. The number of halogens is 2. The quantitative estimate of drug-likeness (QED) is 0.276. The summed E-state index contributed by atoms with van der Waals surface area (Å²) in [5.41, 5.74) is 11.3. The van der Waals surface area contributed by atoms with Crippen LogP contribution in [0.2, 0.25) is 0 Å². The van der Waals surface area contributed by atoms with Gasteiger partial charge in [0.25, 0.3) is 0 Å². The van der Waals surface area contributed by atoms with Crippen molar-refractivity contribution < 1.29 is 28.2 Å². The lowest BCUT2D eigenvalue weighted by molar-refractivity contribution is 0.0694. The van der Waals surface area contributed by atoms with Crippen molar-refractivity contribution in [1.82, 2.24) is 14.5 Å². The maximum Gasteiger partial charge on any atom is 0.341 e. The summed E-state index contributed by atoms with van der Waals surface area (Å²) < 4.78 is 43.5. The highest BCUT2D eigenvalue weighted by molar-refractivity contribution is 5.94. The molecule has 0 radical (unpaired) electrons. The van der Waals surface area contributed by atoms with E-state index in [0.29, 0.717) is 41.9 Å². The molecule has 4 aromatic rings. The number of carbonyl (C=O) groups is 1. The maximum atomic E-state index is 15.9. The topological polar surface area (TPSA) is 156 Å². The van der Waals surface area contributed by atoms with Crippen molar-refractivity contribution in [3.05, 3.63) is 80.3 Å². The van der Waals surface area contributed by atoms with Crippen molar-refractivity contribution >= 4 is 40.8 Å². The first-order valence-electron chi connectivity index (χ1n) is 12.2. The van der Waals surface area contributed by atoms with Crippen LogP contribution in [0.5, 0.6) is 11.5 Å². The molecule has 12 heteroatoms. The number of rotatable bonds is 8. The highest BCUT2D eigenvalue weighted by atomic mass is 19.1. The molecule has 2 heterocycles. The van der Waals surface area contributed by atoms with E-state index in [2.05, 4.69) is 9.97 Å². The van der Waals surface area contributed by atoms with Crippen molar-refractivity contribution in [2.45, 2.75) is 25.3 Å². The Kier molecular flexibility index (Phi) is 6.84. The molecule has 5 rings (SSSR count). The molecule has 0 bridgehead atoms. The number of nitrogen functional groups attached to an aromatic ring is 2. The highest BCUT2D eigenvalue weighted by Gasteiger charge is 2.29. The van der Waals surface area contributed by atoms with Gasteiger partial charge in [-0.15, -0.1) is 0 Å². The third-order valence-electron chi connectivity index (χ3n) is 6.72. The van der Waals surface area contributed by atoms with E-state index in [0.717, 1.165) is 17.8 Å². The fourth-order valence-electron chi connectivity index (χ4n) is 4.64. The van der Waals surface area contributed by atoms with Gasteiger partial charge in [-0.1, -0.05) is 6.08 Å². The molecule has 0 aliphatic heterocycles. The number of pyridine rings is 1. The number of methoxy groups -OCH3 is 2. The molecule has 0 amide bonds. The standard InChI is InChI=1S/C28H25F2N5O5/c1-39-21-9-13(8-15-11-33-28(32)34-26(15)31)7-14(25(21)40-2)3-6-17-20(29)10-18-23(22(17)30)35(16-4-5-16)12-19(24(18)36)27(37)38/h3,6-7,9-12,16H,4-5,8H2,1-2H3,(H,37,38)(H4,31,32,33,34). The molecule has 2 aromatic heterocycles. The van der Waals surface area contributed by atoms with Crippen LogP contribution >= 0.6 is 0 Å². The zero-order chi connectivity index (χ0) is 28.7. The van der Waals surface area contributed by atoms with Crippen LogP contribution in [0.3, 0.4) is 0 Å². The average molecular weight is 550 g/mol. The van der Waals surface area contributed by atoms with Crippen LogP contribution < -0.4 is 26.4 Å². The van der Waals surface area contributed by atoms with Crippen molar-refractivity contribution in [3.63, 3.8) is 0 Å². The molecule has 5 N–H and O–H groups in total. The third-order valence-corrected chi connectivity index (χ3v) is 6.72. The number of anilines is 2. The largest absolute Gasteiger partial charge is 0.493 e. The number of carboxylic acids is 1. The van der Waals surface area contributed by atoms with Gasteiger partial charge in [0.1, 0.15) is 17.2 Å². The first-order chi connectivity index (χ1) is 19.1. The Hall–Kier alpha value is -5.00. The molecule has 10 nitrogen and oxygen atoms in total. The SMILES string of the molecule is COc1cc(Cc2cnc(N)nc2N)cc(C=Cc2c(F)cc3c(=O)c(C(=O)O)cn(C4CC4)c3c2F)c1OC. The summed E-state index contributed by atoms with van der Waals surface area (Å²) in [4.78, 5) is 32.3. The molecule has 1 aliphatic carbocycles. The van der Waals surface area contributed by atoms with E-state index >= 15 is 8.78 Å². The normalized spacial score (nSPS) is 13.2. The van der Waals surface area contributed by atoms with Crippen LogP contribution in [-0.2, 0) is 6.42 Å². The fourth-order valence-corrected chi connectivity index (χ4v) is 4.64. The van der Waals surface area contributed by atoms with Crippen molar-refractivity contribution in [2.75, 3.05) is 25.7 Å². The summed E-state index contributed by atoms with van der Waals surface area (Å²) in [5, 5.41) is 9.11. The zero-order valence-corrected chi connectivity index (χ0v) is 21.6. The number of fused-ring (bicyclic) bond motifs is 1. The lowest BCUT2D eigenvalue weighted by atomic mass is 10.0. The van der Waals surface area contributed by atoms with Gasteiger partial charge in [0.15, 0.2) is 17.3 Å². The molecule has 0 atom stereocenters. The first-order valence-corrected chi connectivity index (χ1v) is 12.2. The molecule has 206 valence electrons. The summed E-state index contributed by atoms with van der Waals surface area (Å²) >= 11 is 0. The van der Waals surface area contributed by atoms with Crippen LogP contribution in [0.1, 0.15) is 51.5 Å². The smallest absolute Gasteiger partial charge is 0.341 e. The summed E-state index contributed by atoms with van der Waals surface area (Å²) in [6.07, 6.45) is 7.03.